The second-order valence-electron chi connectivity index (χ2n) is 3.97. The minimum Gasteiger partial charge on any atom is -0.329 e. The first-order valence-corrected chi connectivity index (χ1v) is 6.54. The van der Waals surface area contributed by atoms with Crippen LogP contribution in [-0.2, 0) is 4.79 Å². The number of thioether (sulfide) groups is 1. The van der Waals surface area contributed by atoms with Crippen LogP contribution in [0.1, 0.15) is 5.56 Å². The fourth-order valence-electron chi connectivity index (χ4n) is 1.67. The molecule has 2 amide bonds. The summed E-state index contributed by atoms with van der Waals surface area (Å²) < 4.78 is 0. The van der Waals surface area contributed by atoms with E-state index < -0.39 is 4.92 Å². The van der Waals surface area contributed by atoms with Gasteiger partial charge in [-0.2, -0.15) is 0 Å². The molecule has 1 aromatic carbocycles. The van der Waals surface area contributed by atoms with Crippen LogP contribution in [0.3, 0.4) is 0 Å². The summed E-state index contributed by atoms with van der Waals surface area (Å²) in [5.74, 6) is -0.385. The number of amides is 2. The predicted molar refractivity (Wildman–Crippen MR) is 74.8 cm³/mol. The SMILES string of the molecule is NCCN1C(=O)S/C(=C/c2ccc([N+](=O)[O-])cc2)C1=O. The van der Waals surface area contributed by atoms with Gasteiger partial charge in [0.15, 0.2) is 0 Å². The number of non-ortho nitro benzene ring substituents is 1. The Kier molecular flexibility index (Phi) is 4.16. The van der Waals surface area contributed by atoms with Crippen LogP contribution in [0.5, 0.6) is 0 Å². The van der Waals surface area contributed by atoms with E-state index in [0.29, 0.717) is 5.56 Å². The number of carbonyl (C=O) groups excluding carboxylic acids is 2. The predicted octanol–water partition coefficient (Wildman–Crippen LogP) is 1.59. The molecule has 104 valence electrons. The Morgan fingerprint density at radius 2 is 1.95 bits per heavy atom. The maximum atomic E-state index is 11.9. The minimum absolute atomic E-state index is 0.0293. The molecule has 1 fully saturated rings. The number of nitrogens with two attached hydrogens (primary N) is 1. The number of nitro groups is 1. The smallest absolute Gasteiger partial charge is 0.293 e. The van der Waals surface area contributed by atoms with Crippen molar-refractivity contribution >= 4 is 34.7 Å². The lowest BCUT2D eigenvalue weighted by molar-refractivity contribution is -0.384. The summed E-state index contributed by atoms with van der Waals surface area (Å²) in [7, 11) is 0. The topological polar surface area (TPSA) is 107 Å². The van der Waals surface area contributed by atoms with E-state index in [1.807, 2.05) is 0 Å². The number of nitro benzene ring substituents is 1. The van der Waals surface area contributed by atoms with Gasteiger partial charge in [0.25, 0.3) is 16.8 Å². The van der Waals surface area contributed by atoms with Crippen molar-refractivity contribution in [1.29, 1.82) is 0 Å². The maximum Gasteiger partial charge on any atom is 0.293 e. The average molecular weight is 293 g/mol. The van der Waals surface area contributed by atoms with E-state index in [0.717, 1.165) is 16.7 Å². The van der Waals surface area contributed by atoms with Crippen molar-refractivity contribution in [1.82, 2.24) is 4.90 Å². The van der Waals surface area contributed by atoms with E-state index in [-0.39, 0.29) is 34.8 Å². The van der Waals surface area contributed by atoms with Crippen LogP contribution < -0.4 is 5.73 Å². The number of rotatable bonds is 4. The van der Waals surface area contributed by atoms with Crippen LogP contribution in [0.25, 0.3) is 6.08 Å². The highest BCUT2D eigenvalue weighted by atomic mass is 32.2. The van der Waals surface area contributed by atoms with Crippen LogP contribution in [0.2, 0.25) is 0 Å². The van der Waals surface area contributed by atoms with E-state index in [1.165, 1.54) is 30.3 Å². The van der Waals surface area contributed by atoms with Gasteiger partial charge in [-0.3, -0.25) is 24.6 Å². The molecular formula is C12H11N3O4S. The van der Waals surface area contributed by atoms with Gasteiger partial charge in [0.2, 0.25) is 0 Å². The van der Waals surface area contributed by atoms with Crippen LogP contribution in [0, 0.1) is 10.1 Å². The Labute approximate surface area is 118 Å². The zero-order chi connectivity index (χ0) is 14.7. The Balaban J connectivity index is 2.21. The molecule has 0 radical (unpaired) electrons. The zero-order valence-corrected chi connectivity index (χ0v) is 11.1. The molecule has 1 heterocycles. The molecule has 0 unspecified atom stereocenters. The van der Waals surface area contributed by atoms with Crippen LogP contribution in [-0.4, -0.2) is 34.1 Å². The van der Waals surface area contributed by atoms with Crippen molar-refractivity contribution in [3.05, 3.63) is 44.8 Å². The summed E-state index contributed by atoms with van der Waals surface area (Å²) in [5.41, 5.74) is 5.93. The van der Waals surface area contributed by atoms with Crippen LogP contribution in [0.15, 0.2) is 29.2 Å². The second-order valence-corrected chi connectivity index (χ2v) is 4.96. The molecule has 0 spiro atoms. The largest absolute Gasteiger partial charge is 0.329 e. The summed E-state index contributed by atoms with van der Waals surface area (Å²) >= 11 is 0.836. The van der Waals surface area contributed by atoms with Gasteiger partial charge in [0.1, 0.15) is 0 Å². The first kappa shape index (κ1) is 14.2. The third-order valence-corrected chi connectivity index (χ3v) is 3.54. The molecule has 0 atom stereocenters. The average Bonchev–Trinajstić information content (AvgIpc) is 2.67. The van der Waals surface area contributed by atoms with Crippen molar-refractivity contribution in [2.24, 2.45) is 5.73 Å². The van der Waals surface area contributed by atoms with Crippen molar-refractivity contribution in [2.75, 3.05) is 13.1 Å². The summed E-state index contributed by atoms with van der Waals surface area (Å²) in [6.45, 7) is 0.394. The zero-order valence-electron chi connectivity index (χ0n) is 10.3. The molecule has 1 aliphatic heterocycles. The highest BCUT2D eigenvalue weighted by molar-refractivity contribution is 8.18. The van der Waals surface area contributed by atoms with Gasteiger partial charge in [-0.1, -0.05) is 0 Å². The van der Waals surface area contributed by atoms with Crippen LogP contribution in [0.4, 0.5) is 10.5 Å². The standard InChI is InChI=1S/C12H11N3O4S/c13-5-6-14-11(16)10(20-12(14)17)7-8-1-3-9(4-2-8)15(18)19/h1-4,7H,5-6,13H2/b10-7+. The van der Waals surface area contributed by atoms with E-state index in [2.05, 4.69) is 0 Å². The Bertz CT molecular complexity index is 597. The van der Waals surface area contributed by atoms with Gasteiger partial charge in [-0.15, -0.1) is 0 Å². The van der Waals surface area contributed by atoms with Crippen molar-refractivity contribution < 1.29 is 14.5 Å². The first-order valence-electron chi connectivity index (χ1n) is 5.73. The minimum atomic E-state index is -0.501. The Morgan fingerprint density at radius 3 is 2.50 bits per heavy atom. The van der Waals surface area contributed by atoms with E-state index in [1.54, 1.807) is 0 Å². The van der Waals surface area contributed by atoms with Crippen molar-refractivity contribution in [3.8, 4) is 0 Å². The molecule has 0 aromatic heterocycles. The van der Waals surface area contributed by atoms with Gasteiger partial charge >= 0.3 is 0 Å². The maximum absolute atomic E-state index is 11.9. The number of imide groups is 1. The number of hydrogen-bond acceptors (Lipinski definition) is 6. The molecule has 0 saturated carbocycles. The molecule has 0 bridgehead atoms. The number of nitrogens with zero attached hydrogens (tertiary/aromatic N) is 2. The molecular weight excluding hydrogens is 282 g/mol. The lowest BCUT2D eigenvalue weighted by Crippen LogP contribution is -2.33. The lowest BCUT2D eigenvalue weighted by Gasteiger charge is -2.09. The third-order valence-electron chi connectivity index (χ3n) is 2.63. The van der Waals surface area contributed by atoms with Gasteiger partial charge in [0.05, 0.1) is 9.83 Å². The van der Waals surface area contributed by atoms with Crippen LogP contribution >= 0.6 is 11.8 Å². The summed E-state index contributed by atoms with van der Waals surface area (Å²) in [5, 5.41) is 10.2. The van der Waals surface area contributed by atoms with E-state index in [9.17, 15) is 19.7 Å². The van der Waals surface area contributed by atoms with Gasteiger partial charge < -0.3 is 5.73 Å². The molecule has 0 aliphatic carbocycles. The number of benzene rings is 1. The van der Waals surface area contributed by atoms with E-state index in [4.69, 9.17) is 5.73 Å². The molecule has 7 nitrogen and oxygen atoms in total. The van der Waals surface area contributed by atoms with Gasteiger partial charge in [-0.25, -0.2) is 0 Å². The fourth-order valence-corrected chi connectivity index (χ4v) is 2.53. The molecule has 1 saturated heterocycles. The number of carbonyl (C=O) groups is 2. The molecule has 2 rings (SSSR count). The molecule has 1 aliphatic rings. The Hall–Kier alpha value is -2.19. The molecule has 2 N–H and O–H groups in total. The highest BCUT2D eigenvalue weighted by Gasteiger charge is 2.34. The fraction of sp³-hybridized carbons (Fsp3) is 0.167. The molecule has 8 heteroatoms. The first-order chi connectivity index (χ1) is 9.52. The Morgan fingerprint density at radius 1 is 1.30 bits per heavy atom. The molecule has 1 aromatic rings. The second kappa shape index (κ2) is 5.85. The monoisotopic (exact) mass is 293 g/mol. The summed E-state index contributed by atoms with van der Waals surface area (Å²) in [4.78, 5) is 34.9. The van der Waals surface area contributed by atoms with Gasteiger partial charge in [0, 0.05) is 25.2 Å². The lowest BCUT2D eigenvalue weighted by atomic mass is 10.2. The normalized spacial score (nSPS) is 17.1. The van der Waals surface area contributed by atoms with Crippen molar-refractivity contribution in [3.63, 3.8) is 0 Å². The van der Waals surface area contributed by atoms with E-state index >= 15 is 0 Å². The highest BCUT2D eigenvalue weighted by Crippen LogP contribution is 2.32. The third kappa shape index (κ3) is 2.86. The molecule has 20 heavy (non-hydrogen) atoms. The number of hydrogen-bond donors (Lipinski definition) is 1. The van der Waals surface area contributed by atoms with Gasteiger partial charge in [-0.05, 0) is 35.5 Å². The summed E-state index contributed by atoms with van der Waals surface area (Å²) in [6.07, 6.45) is 1.53. The quantitative estimate of drug-likeness (QED) is 0.513. The van der Waals surface area contributed by atoms with Crippen molar-refractivity contribution in [2.45, 2.75) is 0 Å². The summed E-state index contributed by atoms with van der Waals surface area (Å²) in [6, 6.07) is 5.73.